The van der Waals surface area contributed by atoms with E-state index in [2.05, 4.69) is 19.9 Å². The fourth-order valence-corrected chi connectivity index (χ4v) is 4.64. The standard InChI is InChI=1S/C22H24N2O3/c1-22(2)17-10-6-7-11-18(17)23(3)19(22)12-14(25)13-24-20(26)15-8-4-5-9-16(15)21(24)27/h4-7,10-12,15-16H,8-9,13H2,1-3H3/t15-,16-/m0/s1. The number of anilines is 1. The first-order chi connectivity index (χ1) is 12.8. The van der Waals surface area contributed by atoms with Gasteiger partial charge in [-0.25, -0.2) is 0 Å². The highest BCUT2D eigenvalue weighted by molar-refractivity contribution is 6.09. The zero-order chi connectivity index (χ0) is 19.3. The van der Waals surface area contributed by atoms with Crippen LogP contribution < -0.4 is 4.90 Å². The SMILES string of the molecule is CN1C(=CC(=O)CN2C(=O)[C@H]3CC=CC[C@@H]3C2=O)C(C)(C)c2ccccc21. The van der Waals surface area contributed by atoms with Gasteiger partial charge in [-0.15, -0.1) is 0 Å². The minimum atomic E-state index is -0.308. The summed E-state index contributed by atoms with van der Waals surface area (Å²) >= 11 is 0. The monoisotopic (exact) mass is 364 g/mol. The van der Waals surface area contributed by atoms with Crippen molar-refractivity contribution in [1.29, 1.82) is 0 Å². The zero-order valence-electron chi connectivity index (χ0n) is 15.9. The second kappa shape index (κ2) is 6.19. The number of carbonyl (C=O) groups excluding carboxylic acids is 3. The number of rotatable bonds is 3. The Labute approximate surface area is 159 Å². The number of allylic oxidation sites excluding steroid dienone is 3. The molecule has 2 amide bonds. The highest BCUT2D eigenvalue weighted by atomic mass is 16.2. The molecule has 1 aromatic carbocycles. The minimum Gasteiger partial charge on any atom is -0.347 e. The lowest BCUT2D eigenvalue weighted by Gasteiger charge is -2.24. The molecule has 0 unspecified atom stereocenters. The van der Waals surface area contributed by atoms with Crippen LogP contribution in [0.15, 0.2) is 48.2 Å². The molecule has 1 saturated heterocycles. The predicted octanol–water partition coefficient (Wildman–Crippen LogP) is 2.82. The van der Waals surface area contributed by atoms with Crippen LogP contribution in [0.4, 0.5) is 5.69 Å². The molecule has 5 heteroatoms. The molecular formula is C22H24N2O3. The van der Waals surface area contributed by atoms with Crippen molar-refractivity contribution in [2.45, 2.75) is 32.1 Å². The fraction of sp³-hybridized carbons (Fsp3) is 0.409. The number of para-hydroxylation sites is 1. The van der Waals surface area contributed by atoms with Gasteiger partial charge in [0.25, 0.3) is 0 Å². The fourth-order valence-electron chi connectivity index (χ4n) is 4.64. The third kappa shape index (κ3) is 2.64. The van der Waals surface area contributed by atoms with Crippen molar-refractivity contribution < 1.29 is 14.4 Å². The van der Waals surface area contributed by atoms with Gasteiger partial charge in [-0.1, -0.05) is 44.2 Å². The summed E-state index contributed by atoms with van der Waals surface area (Å²) in [5, 5.41) is 0. The van der Waals surface area contributed by atoms with Crippen molar-refractivity contribution in [1.82, 2.24) is 4.90 Å². The third-order valence-electron chi connectivity index (χ3n) is 6.15. The number of fused-ring (bicyclic) bond motifs is 2. The highest BCUT2D eigenvalue weighted by Gasteiger charge is 2.47. The summed E-state index contributed by atoms with van der Waals surface area (Å²) in [4.78, 5) is 41.1. The average molecular weight is 364 g/mol. The van der Waals surface area contributed by atoms with E-state index in [0.29, 0.717) is 12.8 Å². The van der Waals surface area contributed by atoms with E-state index in [0.717, 1.165) is 21.8 Å². The van der Waals surface area contributed by atoms with E-state index in [1.165, 1.54) is 0 Å². The molecule has 1 aromatic rings. The van der Waals surface area contributed by atoms with Crippen molar-refractivity contribution in [3.63, 3.8) is 0 Å². The number of likely N-dealkylation sites (tertiary alicyclic amines) is 1. The lowest BCUT2D eigenvalue weighted by Crippen LogP contribution is -2.36. The first kappa shape index (κ1) is 17.7. The van der Waals surface area contributed by atoms with Crippen LogP contribution in [0.2, 0.25) is 0 Å². The molecule has 0 saturated carbocycles. The van der Waals surface area contributed by atoms with Crippen LogP contribution >= 0.6 is 0 Å². The summed E-state index contributed by atoms with van der Waals surface area (Å²) in [5.74, 6) is -1.21. The van der Waals surface area contributed by atoms with E-state index >= 15 is 0 Å². The van der Waals surface area contributed by atoms with Crippen LogP contribution in [0, 0.1) is 11.8 Å². The Morgan fingerprint density at radius 2 is 1.70 bits per heavy atom. The van der Waals surface area contributed by atoms with Gasteiger partial charge in [0.15, 0.2) is 5.78 Å². The van der Waals surface area contributed by atoms with Crippen LogP contribution in [-0.2, 0) is 19.8 Å². The van der Waals surface area contributed by atoms with Crippen molar-refractivity contribution in [2.75, 3.05) is 18.5 Å². The van der Waals surface area contributed by atoms with Crippen molar-refractivity contribution >= 4 is 23.3 Å². The topological polar surface area (TPSA) is 57.7 Å². The number of carbonyl (C=O) groups is 3. The third-order valence-corrected chi connectivity index (χ3v) is 6.15. The van der Waals surface area contributed by atoms with Gasteiger partial charge in [0.05, 0.1) is 18.4 Å². The summed E-state index contributed by atoms with van der Waals surface area (Å²) in [5.41, 5.74) is 2.81. The highest BCUT2D eigenvalue weighted by Crippen LogP contribution is 2.46. The van der Waals surface area contributed by atoms with E-state index in [1.807, 2.05) is 42.3 Å². The molecule has 0 aromatic heterocycles. The molecule has 2 atom stereocenters. The Hall–Kier alpha value is -2.69. The van der Waals surface area contributed by atoms with Crippen molar-refractivity contribution in [3.8, 4) is 0 Å². The second-order valence-corrected chi connectivity index (χ2v) is 8.12. The lowest BCUT2D eigenvalue weighted by atomic mass is 9.83. The summed E-state index contributed by atoms with van der Waals surface area (Å²) in [6.45, 7) is 4.00. The molecule has 140 valence electrons. The minimum absolute atomic E-state index is 0.172. The molecule has 3 aliphatic rings. The molecule has 27 heavy (non-hydrogen) atoms. The first-order valence-electron chi connectivity index (χ1n) is 9.41. The van der Waals surface area contributed by atoms with E-state index in [4.69, 9.17) is 0 Å². The van der Waals surface area contributed by atoms with E-state index in [1.54, 1.807) is 6.08 Å². The predicted molar refractivity (Wildman–Crippen MR) is 103 cm³/mol. The maximum atomic E-state index is 12.8. The van der Waals surface area contributed by atoms with Crippen LogP contribution in [0.5, 0.6) is 0 Å². The molecule has 0 N–H and O–H groups in total. The molecular weight excluding hydrogens is 340 g/mol. The van der Waals surface area contributed by atoms with Gasteiger partial charge >= 0.3 is 0 Å². The van der Waals surface area contributed by atoms with Gasteiger partial charge in [0.1, 0.15) is 0 Å². The van der Waals surface area contributed by atoms with Crippen LogP contribution in [-0.4, -0.2) is 36.1 Å². The number of hydrogen-bond donors (Lipinski definition) is 0. The van der Waals surface area contributed by atoms with Crippen molar-refractivity contribution in [2.24, 2.45) is 11.8 Å². The van der Waals surface area contributed by atoms with Crippen molar-refractivity contribution in [3.05, 3.63) is 53.8 Å². The second-order valence-electron chi connectivity index (χ2n) is 8.12. The Bertz CT molecular complexity index is 871. The van der Waals surface area contributed by atoms with Gasteiger partial charge < -0.3 is 4.90 Å². The number of ketones is 1. The van der Waals surface area contributed by atoms with Crippen LogP contribution in [0.25, 0.3) is 0 Å². The quantitative estimate of drug-likeness (QED) is 0.470. The summed E-state index contributed by atoms with van der Waals surface area (Å²) < 4.78 is 0. The molecule has 0 radical (unpaired) electrons. The van der Waals surface area contributed by atoms with Crippen LogP contribution in [0.1, 0.15) is 32.3 Å². The number of hydrogen-bond acceptors (Lipinski definition) is 4. The Balaban J connectivity index is 1.56. The Morgan fingerprint density at radius 1 is 1.11 bits per heavy atom. The summed E-state index contributed by atoms with van der Waals surface area (Å²) in [6, 6.07) is 8.08. The van der Waals surface area contributed by atoms with E-state index in [9.17, 15) is 14.4 Å². The normalized spacial score (nSPS) is 27.3. The smallest absolute Gasteiger partial charge is 0.233 e. The number of likely N-dealkylation sites (N-methyl/N-ethyl adjacent to an activating group) is 1. The maximum absolute atomic E-state index is 12.8. The summed E-state index contributed by atoms with van der Waals surface area (Å²) in [7, 11) is 1.94. The molecule has 4 rings (SSSR count). The Kier molecular flexibility index (Phi) is 4.06. The van der Waals surface area contributed by atoms with Gasteiger partial charge in [0.2, 0.25) is 11.8 Å². The van der Waals surface area contributed by atoms with Gasteiger partial charge in [0, 0.05) is 29.9 Å². The van der Waals surface area contributed by atoms with Crippen LogP contribution in [0.3, 0.4) is 0 Å². The van der Waals surface area contributed by atoms with E-state index < -0.39 is 0 Å². The molecule has 0 bridgehead atoms. The molecule has 2 heterocycles. The summed E-state index contributed by atoms with van der Waals surface area (Å²) in [6.07, 6.45) is 6.68. The molecule has 1 aliphatic carbocycles. The lowest BCUT2D eigenvalue weighted by molar-refractivity contribution is -0.142. The van der Waals surface area contributed by atoms with Gasteiger partial charge in [-0.2, -0.15) is 0 Å². The molecule has 0 spiro atoms. The molecule has 5 nitrogen and oxygen atoms in total. The average Bonchev–Trinajstić information content (AvgIpc) is 3.01. The molecule has 2 aliphatic heterocycles. The zero-order valence-corrected chi connectivity index (χ0v) is 15.9. The maximum Gasteiger partial charge on any atom is 0.233 e. The number of benzene rings is 1. The largest absolute Gasteiger partial charge is 0.347 e. The number of nitrogens with zero attached hydrogens (tertiary/aromatic N) is 2. The van der Waals surface area contributed by atoms with E-state index in [-0.39, 0.29) is 41.4 Å². The Morgan fingerprint density at radius 3 is 2.30 bits per heavy atom. The molecule has 1 fully saturated rings. The number of imide groups is 1. The van der Waals surface area contributed by atoms with Gasteiger partial charge in [-0.05, 0) is 24.5 Å². The first-order valence-corrected chi connectivity index (χ1v) is 9.41. The van der Waals surface area contributed by atoms with Gasteiger partial charge in [-0.3, -0.25) is 19.3 Å². The number of amides is 2.